The van der Waals surface area contributed by atoms with Gasteiger partial charge in [0.05, 0.1) is 0 Å². The topological polar surface area (TPSA) is 21.3 Å². The van der Waals surface area contributed by atoms with Gasteiger partial charge in [0.2, 0.25) is 0 Å². The van der Waals surface area contributed by atoms with Gasteiger partial charge in [-0.15, -0.1) is 0 Å². The Kier molecular flexibility index (Phi) is 3.30. The van der Waals surface area contributed by atoms with Crippen molar-refractivity contribution in [1.82, 2.24) is 5.32 Å². The molecule has 2 rings (SSSR count). The predicted octanol–water partition coefficient (Wildman–Crippen LogP) is 2.85. The summed E-state index contributed by atoms with van der Waals surface area (Å²) in [4.78, 5) is 0. The second kappa shape index (κ2) is 4.71. The van der Waals surface area contributed by atoms with Crippen molar-refractivity contribution in [1.29, 1.82) is 0 Å². The molecular weight excluding hydrogens is 198 g/mol. The van der Waals surface area contributed by atoms with Gasteiger partial charge in [-0.05, 0) is 50.6 Å². The first kappa shape index (κ1) is 11.2. The lowest BCUT2D eigenvalue weighted by Crippen LogP contribution is -2.43. The highest BCUT2D eigenvalue weighted by Crippen LogP contribution is 2.26. The number of piperidine rings is 1. The minimum atomic E-state index is -0.0130. The van der Waals surface area contributed by atoms with Crippen molar-refractivity contribution in [3.05, 3.63) is 36.4 Å². The van der Waals surface area contributed by atoms with Crippen LogP contribution in [0, 0.1) is 0 Å². The highest BCUT2D eigenvalue weighted by atomic mass is 16.5. The fourth-order valence-corrected chi connectivity index (χ4v) is 2.01. The molecule has 1 N–H and O–H groups in total. The molecule has 1 fully saturated rings. The number of rotatable bonds is 3. The van der Waals surface area contributed by atoms with Crippen molar-refractivity contribution in [2.75, 3.05) is 13.1 Å². The molecule has 0 radical (unpaired) electrons. The first-order chi connectivity index (χ1) is 7.72. The van der Waals surface area contributed by atoms with Gasteiger partial charge in [0.25, 0.3) is 0 Å². The van der Waals surface area contributed by atoms with Gasteiger partial charge in [0.15, 0.2) is 0 Å². The molecule has 1 aromatic carbocycles. The van der Waals surface area contributed by atoms with Gasteiger partial charge >= 0.3 is 0 Å². The molecule has 1 aliphatic rings. The summed E-state index contributed by atoms with van der Waals surface area (Å²) in [5, 5.41) is 3.35. The molecular formula is C14H19NO. The monoisotopic (exact) mass is 217 g/mol. The van der Waals surface area contributed by atoms with E-state index in [0.29, 0.717) is 0 Å². The summed E-state index contributed by atoms with van der Waals surface area (Å²) >= 11 is 0. The smallest absolute Gasteiger partial charge is 0.120 e. The number of ether oxygens (including phenoxy) is 1. The zero-order valence-corrected chi connectivity index (χ0v) is 9.83. The van der Waals surface area contributed by atoms with Crippen LogP contribution in [0.4, 0.5) is 0 Å². The van der Waals surface area contributed by atoms with E-state index in [2.05, 4.69) is 18.8 Å². The lowest BCUT2D eigenvalue weighted by molar-refractivity contribution is 0.0556. The minimum absolute atomic E-state index is 0.0130. The van der Waals surface area contributed by atoms with Crippen LogP contribution in [-0.2, 0) is 0 Å². The number of nitrogens with one attached hydrogen (secondary N) is 1. The van der Waals surface area contributed by atoms with Gasteiger partial charge in [-0.25, -0.2) is 0 Å². The molecule has 0 spiro atoms. The largest absolute Gasteiger partial charge is 0.487 e. The Hall–Kier alpha value is -1.28. The maximum atomic E-state index is 6.07. The number of hydrogen-bond acceptors (Lipinski definition) is 2. The van der Waals surface area contributed by atoms with E-state index in [1.807, 2.05) is 30.3 Å². The number of hydrogen-bond donors (Lipinski definition) is 1. The van der Waals surface area contributed by atoms with Gasteiger partial charge in [-0.1, -0.05) is 24.8 Å². The predicted molar refractivity (Wildman–Crippen MR) is 67.7 cm³/mol. The van der Waals surface area contributed by atoms with E-state index in [1.54, 1.807) is 0 Å². The van der Waals surface area contributed by atoms with Crippen molar-refractivity contribution in [3.8, 4) is 5.75 Å². The Morgan fingerprint density at radius 1 is 1.25 bits per heavy atom. The quantitative estimate of drug-likeness (QED) is 0.840. The summed E-state index contributed by atoms with van der Waals surface area (Å²) in [5.41, 5.74) is 1.11. The fourth-order valence-electron chi connectivity index (χ4n) is 2.01. The fraction of sp³-hybridized carbons (Fsp3) is 0.429. The molecule has 86 valence electrons. The lowest BCUT2D eigenvalue weighted by Gasteiger charge is -2.34. The second-order valence-electron chi connectivity index (χ2n) is 4.58. The van der Waals surface area contributed by atoms with Gasteiger partial charge in [-0.3, -0.25) is 0 Å². The first-order valence-corrected chi connectivity index (χ1v) is 5.84. The molecule has 0 aliphatic carbocycles. The Morgan fingerprint density at radius 2 is 1.88 bits per heavy atom. The van der Waals surface area contributed by atoms with E-state index >= 15 is 0 Å². The molecule has 0 aromatic heterocycles. The van der Waals surface area contributed by atoms with Crippen molar-refractivity contribution in [2.45, 2.75) is 25.4 Å². The lowest BCUT2D eigenvalue weighted by atomic mass is 9.94. The van der Waals surface area contributed by atoms with E-state index in [-0.39, 0.29) is 5.60 Å². The molecule has 1 heterocycles. The average Bonchev–Trinajstić information content (AvgIpc) is 2.30. The maximum Gasteiger partial charge on any atom is 0.120 e. The first-order valence-electron chi connectivity index (χ1n) is 5.84. The third-order valence-electron chi connectivity index (χ3n) is 3.14. The normalized spacial score (nSPS) is 19.1. The summed E-state index contributed by atoms with van der Waals surface area (Å²) in [5.74, 6) is 0.954. The minimum Gasteiger partial charge on any atom is -0.487 e. The second-order valence-corrected chi connectivity index (χ2v) is 4.58. The van der Waals surface area contributed by atoms with E-state index in [4.69, 9.17) is 4.74 Å². The van der Waals surface area contributed by atoms with Gasteiger partial charge in [-0.2, -0.15) is 0 Å². The highest BCUT2D eigenvalue weighted by Gasteiger charge is 2.28. The van der Waals surface area contributed by atoms with Crippen molar-refractivity contribution >= 4 is 6.08 Å². The molecule has 1 aromatic rings. The summed E-state index contributed by atoms with van der Waals surface area (Å²) in [6, 6.07) is 8.11. The van der Waals surface area contributed by atoms with Crippen molar-refractivity contribution in [3.63, 3.8) is 0 Å². The Morgan fingerprint density at radius 3 is 2.44 bits per heavy atom. The maximum absolute atomic E-state index is 6.07. The SMILES string of the molecule is C=Cc1ccc(OC2(C)CCNCC2)cc1. The van der Waals surface area contributed by atoms with Gasteiger partial charge in [0, 0.05) is 0 Å². The molecule has 0 bridgehead atoms. The van der Waals surface area contributed by atoms with Crippen LogP contribution >= 0.6 is 0 Å². The van der Waals surface area contributed by atoms with Gasteiger partial charge in [0.1, 0.15) is 11.4 Å². The molecule has 0 unspecified atom stereocenters. The highest BCUT2D eigenvalue weighted by molar-refractivity contribution is 5.48. The summed E-state index contributed by atoms with van der Waals surface area (Å²) in [6.45, 7) is 8.02. The van der Waals surface area contributed by atoms with Crippen LogP contribution < -0.4 is 10.1 Å². The average molecular weight is 217 g/mol. The Labute approximate surface area is 97.3 Å². The third kappa shape index (κ3) is 2.64. The van der Waals surface area contributed by atoms with E-state index in [1.165, 1.54) is 0 Å². The zero-order chi connectivity index (χ0) is 11.4. The van der Waals surface area contributed by atoms with Crippen LogP contribution in [0.25, 0.3) is 6.08 Å². The molecule has 1 aliphatic heterocycles. The van der Waals surface area contributed by atoms with Crippen LogP contribution in [0.5, 0.6) is 5.75 Å². The van der Waals surface area contributed by atoms with Crippen molar-refractivity contribution < 1.29 is 4.74 Å². The summed E-state index contributed by atoms with van der Waals surface area (Å²) in [6.07, 6.45) is 3.97. The third-order valence-corrected chi connectivity index (χ3v) is 3.14. The van der Waals surface area contributed by atoms with Crippen LogP contribution in [-0.4, -0.2) is 18.7 Å². The Bertz CT molecular complexity index is 350. The van der Waals surface area contributed by atoms with E-state index < -0.39 is 0 Å². The van der Waals surface area contributed by atoms with E-state index in [9.17, 15) is 0 Å². The molecule has 1 saturated heterocycles. The van der Waals surface area contributed by atoms with Crippen LogP contribution in [0.15, 0.2) is 30.8 Å². The zero-order valence-electron chi connectivity index (χ0n) is 9.83. The molecule has 2 nitrogen and oxygen atoms in total. The standard InChI is InChI=1S/C14H19NO/c1-3-12-4-6-13(7-5-12)16-14(2)8-10-15-11-9-14/h3-7,15H,1,8-11H2,2H3. The number of benzene rings is 1. The van der Waals surface area contributed by atoms with Crippen LogP contribution in [0.3, 0.4) is 0 Å². The molecule has 0 amide bonds. The molecule has 2 heteroatoms. The van der Waals surface area contributed by atoms with Crippen LogP contribution in [0.2, 0.25) is 0 Å². The van der Waals surface area contributed by atoms with Crippen molar-refractivity contribution in [2.24, 2.45) is 0 Å². The molecule has 0 atom stereocenters. The molecule has 16 heavy (non-hydrogen) atoms. The van der Waals surface area contributed by atoms with Crippen LogP contribution in [0.1, 0.15) is 25.3 Å². The van der Waals surface area contributed by atoms with E-state index in [0.717, 1.165) is 37.2 Å². The Balaban J connectivity index is 2.04. The van der Waals surface area contributed by atoms with Gasteiger partial charge < -0.3 is 10.1 Å². The molecule has 0 saturated carbocycles. The summed E-state index contributed by atoms with van der Waals surface area (Å²) in [7, 11) is 0. The summed E-state index contributed by atoms with van der Waals surface area (Å²) < 4.78 is 6.07.